The van der Waals surface area contributed by atoms with Gasteiger partial charge in [0.25, 0.3) is 0 Å². The molecule has 3 rings (SSSR count). The van der Waals surface area contributed by atoms with E-state index in [1.807, 2.05) is 0 Å². The van der Waals surface area contributed by atoms with Crippen molar-refractivity contribution in [2.45, 2.75) is 13.0 Å². The van der Waals surface area contributed by atoms with E-state index >= 15 is 0 Å². The molecule has 1 aliphatic rings. The minimum atomic E-state index is -0.561. The van der Waals surface area contributed by atoms with Crippen LogP contribution in [0.4, 0.5) is 20.7 Å². The van der Waals surface area contributed by atoms with Crippen LogP contribution in [-0.4, -0.2) is 43.2 Å². The number of carbonyl (C=O) groups is 2. The van der Waals surface area contributed by atoms with Gasteiger partial charge in [0.1, 0.15) is 17.7 Å². The minimum Gasteiger partial charge on any atom is -0.442 e. The molecule has 1 aromatic heterocycles. The number of ether oxygens (including phenoxy) is 1. The Bertz CT molecular complexity index is 843. The summed E-state index contributed by atoms with van der Waals surface area (Å²) >= 11 is 0. The SMILES string of the molecule is CNc1cc(-c2ccc(N3C[C@H](CNC(C)=O)OC3=O)cc2F)ccn1. The molecule has 2 aromatic rings. The molecule has 0 radical (unpaired) electrons. The predicted octanol–water partition coefficient (Wildman–Crippen LogP) is 2.39. The van der Waals surface area contributed by atoms with Crippen LogP contribution in [0.2, 0.25) is 0 Å². The number of benzene rings is 1. The molecule has 1 atom stereocenters. The first-order valence-electron chi connectivity index (χ1n) is 8.14. The summed E-state index contributed by atoms with van der Waals surface area (Å²) in [6, 6.07) is 8.04. The molecule has 7 nitrogen and oxygen atoms in total. The van der Waals surface area contributed by atoms with Crippen molar-refractivity contribution in [3.8, 4) is 11.1 Å². The number of pyridine rings is 1. The van der Waals surface area contributed by atoms with Crippen molar-refractivity contribution in [1.29, 1.82) is 0 Å². The maximum absolute atomic E-state index is 14.6. The number of carbonyl (C=O) groups excluding carboxylic acids is 2. The highest BCUT2D eigenvalue weighted by molar-refractivity contribution is 5.90. The van der Waals surface area contributed by atoms with Crippen molar-refractivity contribution in [3.63, 3.8) is 0 Å². The van der Waals surface area contributed by atoms with E-state index in [0.717, 1.165) is 0 Å². The fourth-order valence-electron chi connectivity index (χ4n) is 2.74. The number of aromatic nitrogens is 1. The largest absolute Gasteiger partial charge is 0.442 e. The number of cyclic esters (lactones) is 1. The molecule has 1 aliphatic heterocycles. The van der Waals surface area contributed by atoms with Crippen LogP contribution in [-0.2, 0) is 9.53 Å². The Morgan fingerprint density at radius 2 is 2.19 bits per heavy atom. The standard InChI is InChI=1S/C18H19FN4O3/c1-11(24)22-9-14-10-23(18(25)26-14)13-3-4-15(16(19)8-13)12-5-6-21-17(7-12)20-2/h3-8,14H,9-10H2,1-2H3,(H,20,21)(H,22,24)/t14-/m0/s1. The summed E-state index contributed by atoms with van der Waals surface area (Å²) in [5.74, 6) is -0.0167. The van der Waals surface area contributed by atoms with Gasteiger partial charge in [0.15, 0.2) is 0 Å². The summed E-state index contributed by atoms with van der Waals surface area (Å²) in [6.07, 6.45) is 0.570. The summed E-state index contributed by atoms with van der Waals surface area (Å²) in [7, 11) is 1.74. The van der Waals surface area contributed by atoms with Gasteiger partial charge in [-0.15, -0.1) is 0 Å². The third-order valence-corrected chi connectivity index (χ3v) is 4.04. The lowest BCUT2D eigenvalue weighted by Gasteiger charge is -2.14. The van der Waals surface area contributed by atoms with Gasteiger partial charge in [0, 0.05) is 25.7 Å². The van der Waals surface area contributed by atoms with Crippen LogP contribution >= 0.6 is 0 Å². The van der Waals surface area contributed by atoms with Crippen LogP contribution < -0.4 is 15.5 Å². The van der Waals surface area contributed by atoms with Gasteiger partial charge >= 0.3 is 6.09 Å². The molecule has 0 aliphatic carbocycles. The molecule has 0 bridgehead atoms. The Morgan fingerprint density at radius 1 is 1.38 bits per heavy atom. The molecule has 1 aromatic carbocycles. The van der Waals surface area contributed by atoms with E-state index in [2.05, 4.69) is 15.6 Å². The van der Waals surface area contributed by atoms with E-state index in [1.165, 1.54) is 17.9 Å². The average molecular weight is 358 g/mol. The van der Waals surface area contributed by atoms with Crippen molar-refractivity contribution in [2.75, 3.05) is 30.4 Å². The van der Waals surface area contributed by atoms with Crippen LogP contribution in [0.25, 0.3) is 11.1 Å². The molecule has 8 heteroatoms. The van der Waals surface area contributed by atoms with Gasteiger partial charge in [-0.05, 0) is 35.9 Å². The second-order valence-electron chi connectivity index (χ2n) is 5.90. The number of rotatable bonds is 5. The Kier molecular flexibility index (Phi) is 5.01. The van der Waals surface area contributed by atoms with Crippen molar-refractivity contribution in [2.24, 2.45) is 0 Å². The molecule has 0 saturated carbocycles. The van der Waals surface area contributed by atoms with Gasteiger partial charge < -0.3 is 15.4 Å². The van der Waals surface area contributed by atoms with Crippen LogP contribution in [0.5, 0.6) is 0 Å². The van der Waals surface area contributed by atoms with Crippen LogP contribution in [0.1, 0.15) is 6.92 Å². The fraction of sp³-hybridized carbons (Fsp3) is 0.278. The Balaban J connectivity index is 1.79. The highest BCUT2D eigenvalue weighted by atomic mass is 19.1. The lowest BCUT2D eigenvalue weighted by molar-refractivity contribution is -0.119. The second-order valence-corrected chi connectivity index (χ2v) is 5.90. The Morgan fingerprint density at radius 3 is 2.88 bits per heavy atom. The van der Waals surface area contributed by atoms with E-state index in [-0.39, 0.29) is 19.0 Å². The number of nitrogens with zero attached hydrogens (tertiary/aromatic N) is 2. The lowest BCUT2D eigenvalue weighted by atomic mass is 10.1. The predicted molar refractivity (Wildman–Crippen MR) is 95.5 cm³/mol. The van der Waals surface area contributed by atoms with Crippen LogP contribution in [0, 0.1) is 5.82 Å². The summed E-state index contributed by atoms with van der Waals surface area (Å²) in [5, 5.41) is 5.51. The molecule has 26 heavy (non-hydrogen) atoms. The number of hydrogen-bond donors (Lipinski definition) is 2. The molecule has 1 fully saturated rings. The van der Waals surface area contributed by atoms with Crippen LogP contribution in [0.3, 0.4) is 0 Å². The number of nitrogens with one attached hydrogen (secondary N) is 2. The first kappa shape index (κ1) is 17.7. The third-order valence-electron chi connectivity index (χ3n) is 4.04. The first-order valence-corrected chi connectivity index (χ1v) is 8.14. The van der Waals surface area contributed by atoms with Gasteiger partial charge in [0.2, 0.25) is 5.91 Å². The van der Waals surface area contributed by atoms with Gasteiger partial charge in [-0.1, -0.05) is 0 Å². The average Bonchev–Trinajstić information content (AvgIpc) is 3.00. The van der Waals surface area contributed by atoms with E-state index < -0.39 is 18.0 Å². The van der Waals surface area contributed by atoms with Gasteiger partial charge in [-0.25, -0.2) is 14.2 Å². The Hall–Kier alpha value is -3.16. The molecular weight excluding hydrogens is 339 g/mol. The first-order chi connectivity index (χ1) is 12.5. The molecule has 1 saturated heterocycles. The van der Waals surface area contributed by atoms with Crippen molar-refractivity contribution in [3.05, 3.63) is 42.3 Å². The van der Waals surface area contributed by atoms with E-state index in [0.29, 0.717) is 22.6 Å². The van der Waals surface area contributed by atoms with E-state index in [1.54, 1.807) is 37.5 Å². The lowest BCUT2D eigenvalue weighted by Crippen LogP contribution is -2.33. The molecule has 2 amide bonds. The summed E-state index contributed by atoms with van der Waals surface area (Å²) in [4.78, 5) is 28.5. The quantitative estimate of drug-likeness (QED) is 0.857. The van der Waals surface area contributed by atoms with Crippen molar-refractivity contribution >= 4 is 23.5 Å². The van der Waals surface area contributed by atoms with Crippen molar-refractivity contribution in [1.82, 2.24) is 10.3 Å². The van der Waals surface area contributed by atoms with Crippen molar-refractivity contribution < 1.29 is 18.7 Å². The second kappa shape index (κ2) is 7.38. The zero-order valence-corrected chi connectivity index (χ0v) is 14.5. The Labute approximate surface area is 150 Å². The highest BCUT2D eigenvalue weighted by Gasteiger charge is 2.32. The summed E-state index contributed by atoms with van der Waals surface area (Å²) < 4.78 is 19.8. The molecule has 0 unspecified atom stereocenters. The van der Waals surface area contributed by atoms with Gasteiger partial charge in [-0.2, -0.15) is 0 Å². The summed E-state index contributed by atoms with van der Waals surface area (Å²) in [6.45, 7) is 1.86. The van der Waals surface area contributed by atoms with E-state index in [9.17, 15) is 14.0 Å². The van der Waals surface area contributed by atoms with E-state index in [4.69, 9.17) is 4.74 Å². The van der Waals surface area contributed by atoms with Gasteiger partial charge in [0.05, 0.1) is 18.8 Å². The maximum atomic E-state index is 14.6. The fourth-order valence-corrected chi connectivity index (χ4v) is 2.74. The molecule has 136 valence electrons. The molecule has 2 N–H and O–H groups in total. The topological polar surface area (TPSA) is 83.6 Å². The monoisotopic (exact) mass is 358 g/mol. The summed E-state index contributed by atoms with van der Waals surface area (Å²) in [5.41, 5.74) is 1.50. The third kappa shape index (κ3) is 3.74. The molecule has 0 spiro atoms. The molecular formula is C18H19FN4O3. The highest BCUT2D eigenvalue weighted by Crippen LogP contribution is 2.29. The molecule has 2 heterocycles. The number of amides is 2. The smallest absolute Gasteiger partial charge is 0.414 e. The minimum absolute atomic E-state index is 0.201. The number of anilines is 2. The zero-order chi connectivity index (χ0) is 18.7. The maximum Gasteiger partial charge on any atom is 0.414 e. The van der Waals surface area contributed by atoms with Crippen LogP contribution in [0.15, 0.2) is 36.5 Å². The normalized spacial score (nSPS) is 16.3. The number of hydrogen-bond acceptors (Lipinski definition) is 5. The zero-order valence-electron chi connectivity index (χ0n) is 14.5. The number of halogens is 1. The van der Waals surface area contributed by atoms with Gasteiger partial charge in [-0.3, -0.25) is 9.69 Å².